The summed E-state index contributed by atoms with van der Waals surface area (Å²) in [5.74, 6) is 0.0456. The van der Waals surface area contributed by atoms with Gasteiger partial charge in [0.15, 0.2) is 0 Å². The molecule has 1 aliphatic heterocycles. The Morgan fingerprint density at radius 3 is 2.80 bits per heavy atom. The lowest BCUT2D eigenvalue weighted by Crippen LogP contribution is -2.35. The van der Waals surface area contributed by atoms with Crippen molar-refractivity contribution in [2.24, 2.45) is 0 Å². The molecule has 3 rings (SSSR count). The third-order valence-corrected chi connectivity index (χ3v) is 4.54. The number of hydrogen-bond donors (Lipinski definition) is 2. The topological polar surface area (TPSA) is 41.1 Å². The van der Waals surface area contributed by atoms with Crippen LogP contribution in [0.4, 0.5) is 0 Å². The Morgan fingerprint density at radius 1 is 1.30 bits per heavy atom. The Kier molecular flexibility index (Phi) is 3.85. The van der Waals surface area contributed by atoms with E-state index in [0.29, 0.717) is 0 Å². The fourth-order valence-electron chi connectivity index (χ4n) is 2.47. The lowest BCUT2D eigenvalue weighted by atomic mass is 10.0. The van der Waals surface area contributed by atoms with Gasteiger partial charge in [-0.2, -0.15) is 0 Å². The second kappa shape index (κ2) is 5.77. The zero-order valence-corrected chi connectivity index (χ0v) is 12.3. The summed E-state index contributed by atoms with van der Waals surface area (Å²) in [5.41, 5.74) is 3.36. The number of aryl methyl sites for hydroxylation is 1. The SMILES string of the molecule is Cc1ccc(-c2ccsc2C(=O)NC2CCNC2)cc1. The van der Waals surface area contributed by atoms with Crippen LogP contribution in [0.3, 0.4) is 0 Å². The molecule has 1 aliphatic rings. The van der Waals surface area contributed by atoms with Crippen molar-refractivity contribution < 1.29 is 4.79 Å². The maximum absolute atomic E-state index is 12.4. The van der Waals surface area contributed by atoms with E-state index in [9.17, 15) is 4.79 Å². The Hall–Kier alpha value is -1.65. The number of amides is 1. The third-order valence-electron chi connectivity index (χ3n) is 3.63. The first kappa shape index (κ1) is 13.3. The number of carbonyl (C=O) groups is 1. The van der Waals surface area contributed by atoms with Gasteiger partial charge in [0.25, 0.3) is 5.91 Å². The van der Waals surface area contributed by atoms with Crippen LogP contribution in [0.2, 0.25) is 0 Å². The molecule has 1 atom stereocenters. The van der Waals surface area contributed by atoms with Crippen LogP contribution in [-0.2, 0) is 0 Å². The van der Waals surface area contributed by atoms with Gasteiger partial charge in [-0.3, -0.25) is 4.79 Å². The van der Waals surface area contributed by atoms with Crippen molar-refractivity contribution in [3.8, 4) is 11.1 Å². The summed E-state index contributed by atoms with van der Waals surface area (Å²) in [7, 11) is 0. The van der Waals surface area contributed by atoms with Gasteiger partial charge in [0.05, 0.1) is 4.88 Å². The maximum Gasteiger partial charge on any atom is 0.262 e. The molecule has 0 radical (unpaired) electrons. The molecular formula is C16H18N2OS. The summed E-state index contributed by atoms with van der Waals surface area (Å²) >= 11 is 1.51. The molecule has 2 N–H and O–H groups in total. The fraction of sp³-hybridized carbons (Fsp3) is 0.312. The normalized spacial score (nSPS) is 18.1. The van der Waals surface area contributed by atoms with Crippen LogP contribution >= 0.6 is 11.3 Å². The van der Waals surface area contributed by atoms with E-state index >= 15 is 0 Å². The van der Waals surface area contributed by atoms with Crippen molar-refractivity contribution in [2.45, 2.75) is 19.4 Å². The van der Waals surface area contributed by atoms with Crippen molar-refractivity contribution in [3.63, 3.8) is 0 Å². The summed E-state index contributed by atoms with van der Waals surface area (Å²) < 4.78 is 0. The van der Waals surface area contributed by atoms with E-state index in [4.69, 9.17) is 0 Å². The molecule has 0 saturated carbocycles. The largest absolute Gasteiger partial charge is 0.347 e. The van der Waals surface area contributed by atoms with E-state index in [1.165, 1.54) is 16.9 Å². The van der Waals surface area contributed by atoms with Crippen molar-refractivity contribution >= 4 is 17.2 Å². The molecule has 0 bridgehead atoms. The number of thiophene rings is 1. The van der Waals surface area contributed by atoms with E-state index in [1.807, 2.05) is 11.4 Å². The Balaban J connectivity index is 1.82. The molecule has 0 aliphatic carbocycles. The first-order valence-corrected chi connectivity index (χ1v) is 7.78. The van der Waals surface area contributed by atoms with Gasteiger partial charge < -0.3 is 10.6 Å². The first-order chi connectivity index (χ1) is 9.74. The average Bonchev–Trinajstić information content (AvgIpc) is 3.10. The Labute approximate surface area is 123 Å². The van der Waals surface area contributed by atoms with Crippen LogP contribution in [0.25, 0.3) is 11.1 Å². The predicted octanol–water partition coefficient (Wildman–Crippen LogP) is 2.82. The van der Waals surface area contributed by atoms with E-state index in [1.54, 1.807) is 0 Å². The van der Waals surface area contributed by atoms with Crippen molar-refractivity contribution in [3.05, 3.63) is 46.2 Å². The number of nitrogens with one attached hydrogen (secondary N) is 2. The summed E-state index contributed by atoms with van der Waals surface area (Å²) in [5, 5.41) is 8.36. The molecule has 1 amide bonds. The van der Waals surface area contributed by atoms with Crippen LogP contribution in [-0.4, -0.2) is 25.0 Å². The van der Waals surface area contributed by atoms with Gasteiger partial charge in [-0.1, -0.05) is 29.8 Å². The molecule has 1 aromatic carbocycles. The highest BCUT2D eigenvalue weighted by Crippen LogP contribution is 2.28. The molecule has 3 nitrogen and oxygen atoms in total. The smallest absolute Gasteiger partial charge is 0.262 e. The van der Waals surface area contributed by atoms with Crippen LogP contribution in [0.5, 0.6) is 0 Å². The molecule has 104 valence electrons. The lowest BCUT2D eigenvalue weighted by molar-refractivity contribution is 0.0945. The van der Waals surface area contributed by atoms with Gasteiger partial charge in [-0.25, -0.2) is 0 Å². The molecule has 0 spiro atoms. The lowest BCUT2D eigenvalue weighted by Gasteiger charge is -2.11. The quantitative estimate of drug-likeness (QED) is 0.911. The summed E-state index contributed by atoms with van der Waals surface area (Å²) in [6.45, 7) is 3.93. The second-order valence-corrected chi connectivity index (χ2v) is 6.11. The minimum Gasteiger partial charge on any atom is -0.347 e. The zero-order valence-electron chi connectivity index (χ0n) is 11.5. The number of benzene rings is 1. The van der Waals surface area contributed by atoms with Gasteiger partial charge in [0, 0.05) is 18.2 Å². The van der Waals surface area contributed by atoms with Crippen LogP contribution in [0.1, 0.15) is 21.7 Å². The van der Waals surface area contributed by atoms with E-state index in [0.717, 1.165) is 35.5 Å². The number of hydrogen-bond acceptors (Lipinski definition) is 3. The van der Waals surface area contributed by atoms with Gasteiger partial charge >= 0.3 is 0 Å². The van der Waals surface area contributed by atoms with E-state index in [-0.39, 0.29) is 11.9 Å². The van der Waals surface area contributed by atoms with Gasteiger partial charge in [0.2, 0.25) is 0 Å². The average molecular weight is 286 g/mol. The Bertz CT molecular complexity index is 597. The van der Waals surface area contributed by atoms with Crippen molar-refractivity contribution in [2.75, 3.05) is 13.1 Å². The van der Waals surface area contributed by atoms with Crippen LogP contribution in [0, 0.1) is 6.92 Å². The van der Waals surface area contributed by atoms with Gasteiger partial charge in [-0.15, -0.1) is 11.3 Å². The molecule has 2 aromatic rings. The maximum atomic E-state index is 12.4. The van der Waals surface area contributed by atoms with E-state index in [2.05, 4.69) is 41.8 Å². The molecule has 4 heteroatoms. The number of rotatable bonds is 3. The van der Waals surface area contributed by atoms with Crippen molar-refractivity contribution in [1.29, 1.82) is 0 Å². The number of carbonyl (C=O) groups excluding carboxylic acids is 1. The second-order valence-electron chi connectivity index (χ2n) is 5.19. The molecular weight excluding hydrogens is 268 g/mol. The highest BCUT2D eigenvalue weighted by molar-refractivity contribution is 7.12. The fourth-order valence-corrected chi connectivity index (χ4v) is 3.29. The van der Waals surface area contributed by atoms with Crippen LogP contribution in [0.15, 0.2) is 35.7 Å². The van der Waals surface area contributed by atoms with Gasteiger partial charge in [0.1, 0.15) is 0 Å². The minimum atomic E-state index is 0.0456. The van der Waals surface area contributed by atoms with Crippen molar-refractivity contribution in [1.82, 2.24) is 10.6 Å². The molecule has 1 unspecified atom stereocenters. The molecule has 2 heterocycles. The molecule has 20 heavy (non-hydrogen) atoms. The predicted molar refractivity (Wildman–Crippen MR) is 83.2 cm³/mol. The summed E-state index contributed by atoms with van der Waals surface area (Å²) in [4.78, 5) is 13.2. The summed E-state index contributed by atoms with van der Waals surface area (Å²) in [6, 6.07) is 10.6. The van der Waals surface area contributed by atoms with E-state index < -0.39 is 0 Å². The minimum absolute atomic E-state index is 0.0456. The first-order valence-electron chi connectivity index (χ1n) is 6.90. The monoisotopic (exact) mass is 286 g/mol. The van der Waals surface area contributed by atoms with Crippen LogP contribution < -0.4 is 10.6 Å². The molecule has 1 saturated heterocycles. The zero-order chi connectivity index (χ0) is 13.9. The highest BCUT2D eigenvalue weighted by Gasteiger charge is 2.20. The summed E-state index contributed by atoms with van der Waals surface area (Å²) in [6.07, 6.45) is 1.01. The van der Waals surface area contributed by atoms with Gasteiger partial charge in [-0.05, 0) is 36.9 Å². The molecule has 1 aromatic heterocycles. The standard InChI is InChI=1S/C16H18N2OS/c1-11-2-4-12(5-3-11)14-7-9-20-15(14)16(19)18-13-6-8-17-10-13/h2-5,7,9,13,17H,6,8,10H2,1H3,(H,18,19). The Morgan fingerprint density at radius 2 is 2.10 bits per heavy atom. The highest BCUT2D eigenvalue weighted by atomic mass is 32.1. The third kappa shape index (κ3) is 2.76. The molecule has 1 fully saturated rings.